The van der Waals surface area contributed by atoms with Gasteiger partial charge < -0.3 is 11.6 Å². The van der Waals surface area contributed by atoms with Crippen molar-refractivity contribution in [2.24, 2.45) is 0 Å². The van der Waals surface area contributed by atoms with E-state index >= 15 is 0 Å². The number of aryl methyl sites for hydroxylation is 3. The molecular weight excluding hydrogens is 231 g/mol. The minimum absolute atomic E-state index is 0. The number of aliphatic carboxylic acids is 2. The van der Waals surface area contributed by atoms with Gasteiger partial charge in [0.05, 0.1) is 0 Å². The summed E-state index contributed by atoms with van der Waals surface area (Å²) >= 11 is 0. The Morgan fingerprint density at radius 2 is 1.41 bits per heavy atom. The smallest absolute Gasteiger partial charge is 1.00 e. The first-order valence-electron chi connectivity index (χ1n) is 4.88. The first kappa shape index (κ1) is 16.2. The van der Waals surface area contributed by atoms with Gasteiger partial charge in [-0.05, 0) is 37.5 Å². The van der Waals surface area contributed by atoms with Gasteiger partial charge in [0.15, 0.2) is 5.92 Å². The second-order valence-corrected chi connectivity index (χ2v) is 3.92. The maximum atomic E-state index is 10.9. The van der Waals surface area contributed by atoms with Crippen molar-refractivity contribution in [1.29, 1.82) is 0 Å². The summed E-state index contributed by atoms with van der Waals surface area (Å²) in [4.78, 5) is 21.9. The topological polar surface area (TPSA) is 74.6 Å². The molecule has 1 rings (SSSR count). The van der Waals surface area contributed by atoms with Crippen LogP contribution in [0.25, 0.3) is 0 Å². The van der Waals surface area contributed by atoms with Crippen LogP contribution in [0, 0.1) is 20.8 Å². The Labute approximate surface area is 123 Å². The van der Waals surface area contributed by atoms with Crippen LogP contribution in [0.5, 0.6) is 0 Å². The fourth-order valence-electron chi connectivity index (χ4n) is 2.00. The van der Waals surface area contributed by atoms with Crippen LogP contribution in [-0.2, 0) is 9.59 Å². The Hall–Kier alpha value is -0.840. The summed E-state index contributed by atoms with van der Waals surface area (Å²) in [6.07, 6.45) is 0. The molecular formula is C12H15NaO4. The third kappa shape index (κ3) is 3.56. The molecule has 0 bridgehead atoms. The summed E-state index contributed by atoms with van der Waals surface area (Å²) in [5, 5.41) is 17.9. The largest absolute Gasteiger partial charge is 1.00 e. The van der Waals surface area contributed by atoms with Crippen molar-refractivity contribution in [2.75, 3.05) is 0 Å². The van der Waals surface area contributed by atoms with Gasteiger partial charge in [0.25, 0.3) is 0 Å². The zero-order chi connectivity index (χ0) is 12.5. The van der Waals surface area contributed by atoms with Crippen molar-refractivity contribution < 1.29 is 50.8 Å². The zero-order valence-corrected chi connectivity index (χ0v) is 12.4. The van der Waals surface area contributed by atoms with Crippen molar-refractivity contribution in [1.82, 2.24) is 0 Å². The summed E-state index contributed by atoms with van der Waals surface area (Å²) in [6, 6.07) is 3.59. The molecule has 4 nitrogen and oxygen atoms in total. The van der Waals surface area contributed by atoms with Gasteiger partial charge in [-0.25, -0.2) is 0 Å². The van der Waals surface area contributed by atoms with Gasteiger partial charge in [-0.2, -0.15) is 0 Å². The number of rotatable bonds is 3. The molecule has 1 aromatic carbocycles. The molecule has 5 heteroatoms. The normalized spacial score (nSPS) is 9.88. The van der Waals surface area contributed by atoms with E-state index in [9.17, 15) is 9.59 Å². The Kier molecular flexibility index (Phi) is 5.88. The molecule has 0 spiro atoms. The monoisotopic (exact) mass is 246 g/mol. The number of hydrogen-bond acceptors (Lipinski definition) is 2. The molecule has 0 atom stereocenters. The van der Waals surface area contributed by atoms with Gasteiger partial charge in [0.1, 0.15) is 0 Å². The fraction of sp³-hybridized carbons (Fsp3) is 0.333. The fourth-order valence-corrected chi connectivity index (χ4v) is 2.00. The molecule has 0 aromatic heterocycles. The van der Waals surface area contributed by atoms with Crippen LogP contribution in [-0.4, -0.2) is 22.2 Å². The van der Waals surface area contributed by atoms with E-state index in [0.717, 1.165) is 5.56 Å². The van der Waals surface area contributed by atoms with E-state index in [2.05, 4.69) is 0 Å². The molecule has 1 aromatic rings. The Morgan fingerprint density at radius 3 is 1.71 bits per heavy atom. The van der Waals surface area contributed by atoms with Crippen molar-refractivity contribution >= 4 is 11.9 Å². The average Bonchev–Trinajstić information content (AvgIpc) is 2.09. The molecule has 0 fully saturated rings. The first-order valence-corrected chi connectivity index (χ1v) is 4.88. The molecule has 0 saturated heterocycles. The van der Waals surface area contributed by atoms with Gasteiger partial charge >= 0.3 is 41.5 Å². The van der Waals surface area contributed by atoms with Crippen LogP contribution in [0.4, 0.5) is 0 Å². The molecule has 2 N–H and O–H groups in total. The Bertz CT molecular complexity index is 422. The standard InChI is InChI=1S/C12H14O4.Na.H/c1-6-4-7(2)9(8(3)5-6)10(11(13)14)12(15)16;;/h4-5,10H,1-3H3,(H,13,14)(H,15,16);;/q;+1;-1. The van der Waals surface area contributed by atoms with Gasteiger partial charge in [0, 0.05) is 0 Å². The second-order valence-electron chi connectivity index (χ2n) is 3.92. The van der Waals surface area contributed by atoms with Crippen molar-refractivity contribution in [2.45, 2.75) is 26.7 Å². The van der Waals surface area contributed by atoms with E-state index in [1.165, 1.54) is 0 Å². The van der Waals surface area contributed by atoms with E-state index in [0.29, 0.717) is 16.7 Å². The summed E-state index contributed by atoms with van der Waals surface area (Å²) in [5.74, 6) is -4.15. The molecule has 0 heterocycles. The molecule has 17 heavy (non-hydrogen) atoms. The number of carboxylic acid groups (broad SMARTS) is 2. The molecule has 0 aliphatic carbocycles. The quantitative estimate of drug-likeness (QED) is 0.529. The van der Waals surface area contributed by atoms with E-state index < -0.39 is 17.9 Å². The summed E-state index contributed by atoms with van der Waals surface area (Å²) in [6.45, 7) is 5.35. The van der Waals surface area contributed by atoms with Gasteiger partial charge in [-0.3, -0.25) is 9.59 Å². The molecule has 0 saturated carbocycles. The second kappa shape index (κ2) is 6.19. The van der Waals surface area contributed by atoms with Gasteiger partial charge in [0.2, 0.25) is 0 Å². The maximum Gasteiger partial charge on any atom is 1.00 e. The summed E-state index contributed by atoms with van der Waals surface area (Å²) in [5.41, 5.74) is 2.78. The minimum Gasteiger partial charge on any atom is -1.00 e. The van der Waals surface area contributed by atoms with Crippen LogP contribution >= 0.6 is 0 Å². The van der Waals surface area contributed by atoms with Gasteiger partial charge in [-0.15, -0.1) is 0 Å². The number of carboxylic acids is 2. The van der Waals surface area contributed by atoms with Crippen LogP contribution in [0.3, 0.4) is 0 Å². The number of carbonyl (C=O) groups is 2. The number of benzene rings is 1. The molecule has 0 unspecified atom stereocenters. The third-order valence-electron chi connectivity index (χ3n) is 2.52. The Balaban J connectivity index is 0. The molecule has 88 valence electrons. The molecule has 0 aliphatic rings. The van der Waals surface area contributed by atoms with Crippen molar-refractivity contribution in [3.8, 4) is 0 Å². The molecule has 0 aliphatic heterocycles. The van der Waals surface area contributed by atoms with Crippen LogP contribution in [0.2, 0.25) is 0 Å². The minimum atomic E-state index is -1.49. The summed E-state index contributed by atoms with van der Waals surface area (Å²) in [7, 11) is 0. The van der Waals surface area contributed by atoms with E-state index in [-0.39, 0.29) is 31.0 Å². The SMILES string of the molecule is Cc1cc(C)c(C(C(=O)O)C(=O)O)c(C)c1.[H-].[Na+]. The van der Waals surface area contributed by atoms with Crippen LogP contribution in [0.1, 0.15) is 29.6 Å². The van der Waals surface area contributed by atoms with Crippen LogP contribution < -0.4 is 29.6 Å². The molecule has 0 radical (unpaired) electrons. The molecule has 0 amide bonds. The van der Waals surface area contributed by atoms with Crippen LogP contribution in [0.15, 0.2) is 12.1 Å². The van der Waals surface area contributed by atoms with Crippen molar-refractivity contribution in [3.05, 3.63) is 34.4 Å². The van der Waals surface area contributed by atoms with Crippen molar-refractivity contribution in [3.63, 3.8) is 0 Å². The van der Waals surface area contributed by atoms with E-state index in [1.54, 1.807) is 26.0 Å². The zero-order valence-electron chi connectivity index (χ0n) is 11.4. The Morgan fingerprint density at radius 1 is 1.06 bits per heavy atom. The third-order valence-corrected chi connectivity index (χ3v) is 2.52. The number of hydrogen-bond donors (Lipinski definition) is 2. The maximum absolute atomic E-state index is 10.9. The van der Waals surface area contributed by atoms with Gasteiger partial charge in [-0.1, -0.05) is 17.7 Å². The predicted molar refractivity (Wildman–Crippen MR) is 59.8 cm³/mol. The van der Waals surface area contributed by atoms with E-state index in [1.807, 2.05) is 6.92 Å². The van der Waals surface area contributed by atoms with E-state index in [4.69, 9.17) is 10.2 Å². The summed E-state index contributed by atoms with van der Waals surface area (Å²) < 4.78 is 0. The predicted octanol–water partition coefficient (Wildman–Crippen LogP) is -1.02. The first-order chi connectivity index (χ1) is 7.34. The average molecular weight is 246 g/mol.